The van der Waals surface area contributed by atoms with E-state index < -0.39 is 9.76 Å². The molecule has 0 spiro atoms. The fraction of sp³-hybridized carbons (Fsp3) is 0.500. The van der Waals surface area contributed by atoms with Crippen LogP contribution in [0.25, 0.3) is 0 Å². The van der Waals surface area contributed by atoms with E-state index >= 15 is 0 Å². The smallest absolute Gasteiger partial charge is 1.00 e. The maximum absolute atomic E-state index is 9.62. The molecular formula is C2H3Cl3MgO2. The minimum absolute atomic E-state index is 0. The molecule has 0 aliphatic carbocycles. The number of aliphatic carboxylic acids is 1. The van der Waals surface area contributed by atoms with Gasteiger partial charge in [-0.1, -0.05) is 34.8 Å². The topological polar surface area (TPSA) is 37.3 Å². The van der Waals surface area contributed by atoms with E-state index in [1.54, 1.807) is 0 Å². The Kier molecular flexibility index (Phi) is 5.94. The van der Waals surface area contributed by atoms with Crippen LogP contribution in [0.2, 0.25) is 0 Å². The second-order valence-corrected chi connectivity index (χ2v) is 3.08. The molecule has 0 unspecified atom stereocenters. The molecule has 46 valence electrons. The first-order chi connectivity index (χ1) is 2.94. The molecule has 6 heteroatoms. The molecule has 0 aliphatic heterocycles. The first-order valence-electron chi connectivity index (χ1n) is 1.24. The fourth-order valence-corrected chi connectivity index (χ4v) is 0. The van der Waals surface area contributed by atoms with Gasteiger partial charge in [-0.15, -0.1) is 0 Å². The molecule has 0 bridgehead atoms. The molecule has 0 aromatic rings. The normalized spacial score (nSPS) is 9.88. The van der Waals surface area contributed by atoms with Gasteiger partial charge in [0.2, 0.25) is 0 Å². The Hall–Kier alpha value is 1.11. The zero-order valence-corrected chi connectivity index (χ0v) is 7.38. The van der Waals surface area contributed by atoms with Crippen molar-refractivity contribution >= 4 is 63.8 Å². The number of halogens is 3. The van der Waals surface area contributed by atoms with Crippen molar-refractivity contribution in [2.24, 2.45) is 0 Å². The third-order valence-electron chi connectivity index (χ3n) is 0.243. The van der Waals surface area contributed by atoms with E-state index in [0.717, 1.165) is 0 Å². The fourth-order valence-electron chi connectivity index (χ4n) is 0. The molecule has 0 heterocycles. The maximum atomic E-state index is 9.62. The first kappa shape index (κ1) is 11.8. The molecule has 0 aliphatic rings. The molecule has 0 radical (unpaired) electrons. The second-order valence-electron chi connectivity index (χ2n) is 0.803. The van der Waals surface area contributed by atoms with Crippen molar-refractivity contribution in [2.45, 2.75) is 3.79 Å². The van der Waals surface area contributed by atoms with Crippen LogP contribution in [0.4, 0.5) is 0 Å². The largest absolute Gasteiger partial charge is 2.00 e. The standard InChI is InChI=1S/C2HCl3O2.Mg.2H/c3-2(4,5)1(6)7;;;/h(H,6,7);;;/q;+2;2*-1. The molecule has 1 N–H and O–H groups in total. The molecule has 8 heavy (non-hydrogen) atoms. The van der Waals surface area contributed by atoms with Gasteiger partial charge in [-0.25, -0.2) is 4.79 Å². The van der Waals surface area contributed by atoms with Crippen molar-refractivity contribution in [2.75, 3.05) is 0 Å². The number of alkyl halides is 3. The molecule has 0 amide bonds. The van der Waals surface area contributed by atoms with Gasteiger partial charge in [-0.2, -0.15) is 0 Å². The molecule has 0 rings (SSSR count). The number of carboxylic acids is 1. The average molecular weight is 190 g/mol. The second kappa shape index (κ2) is 4.01. The van der Waals surface area contributed by atoms with Crippen LogP contribution in [0.1, 0.15) is 2.85 Å². The molecule has 0 aromatic heterocycles. The predicted octanol–water partition coefficient (Wildman–Crippen LogP) is 1.29. The summed E-state index contributed by atoms with van der Waals surface area (Å²) in [7, 11) is 0. The summed E-state index contributed by atoms with van der Waals surface area (Å²) in [5.41, 5.74) is 0. The van der Waals surface area contributed by atoms with E-state index in [1.807, 2.05) is 0 Å². The molecule has 2 nitrogen and oxygen atoms in total. The third kappa shape index (κ3) is 5.25. The van der Waals surface area contributed by atoms with E-state index in [4.69, 9.17) is 39.9 Å². The van der Waals surface area contributed by atoms with Gasteiger partial charge in [0.25, 0.3) is 3.79 Å². The van der Waals surface area contributed by atoms with Gasteiger partial charge >= 0.3 is 29.0 Å². The van der Waals surface area contributed by atoms with Gasteiger partial charge in [0.1, 0.15) is 0 Å². The van der Waals surface area contributed by atoms with Crippen LogP contribution in [0.15, 0.2) is 0 Å². The summed E-state index contributed by atoms with van der Waals surface area (Å²) in [5.74, 6) is -1.46. The summed E-state index contributed by atoms with van der Waals surface area (Å²) >= 11 is 14.4. The zero-order chi connectivity index (χ0) is 6.08. The van der Waals surface area contributed by atoms with Crippen molar-refractivity contribution in [3.8, 4) is 0 Å². The summed E-state index contributed by atoms with van der Waals surface area (Å²) in [5, 5.41) is 7.85. The van der Waals surface area contributed by atoms with Gasteiger partial charge in [0.15, 0.2) is 0 Å². The molecule has 0 aromatic carbocycles. The Bertz CT molecular complexity index is 95.0. The third-order valence-corrected chi connectivity index (χ3v) is 0.728. The van der Waals surface area contributed by atoms with Crippen molar-refractivity contribution in [1.82, 2.24) is 0 Å². The van der Waals surface area contributed by atoms with E-state index in [1.165, 1.54) is 0 Å². The first-order valence-corrected chi connectivity index (χ1v) is 2.38. The van der Waals surface area contributed by atoms with Crippen LogP contribution >= 0.6 is 34.8 Å². The summed E-state index contributed by atoms with van der Waals surface area (Å²) in [6.45, 7) is 0. The SMILES string of the molecule is O=C(O)C(Cl)(Cl)Cl.[H-].[H-].[Mg+2]. The Morgan fingerprint density at radius 1 is 1.50 bits per heavy atom. The number of carboxylic acid groups (broad SMARTS) is 1. The summed E-state index contributed by atoms with van der Waals surface area (Å²) in [4.78, 5) is 9.62. The van der Waals surface area contributed by atoms with Gasteiger partial charge in [-0.3, -0.25) is 0 Å². The van der Waals surface area contributed by atoms with E-state index in [2.05, 4.69) is 0 Å². The van der Waals surface area contributed by atoms with Crippen molar-refractivity contribution < 1.29 is 12.8 Å². The zero-order valence-electron chi connectivity index (χ0n) is 5.70. The van der Waals surface area contributed by atoms with Crippen molar-refractivity contribution in [1.29, 1.82) is 0 Å². The Balaban J connectivity index is -0.0000000600. The Morgan fingerprint density at radius 2 is 1.62 bits per heavy atom. The van der Waals surface area contributed by atoms with E-state index in [9.17, 15) is 4.79 Å². The summed E-state index contributed by atoms with van der Waals surface area (Å²) < 4.78 is -2.17. The van der Waals surface area contributed by atoms with Crippen molar-refractivity contribution in [3.05, 3.63) is 0 Å². The summed E-state index contributed by atoms with van der Waals surface area (Å²) in [6, 6.07) is 0. The van der Waals surface area contributed by atoms with E-state index in [-0.39, 0.29) is 25.9 Å². The molecule has 0 saturated carbocycles. The monoisotopic (exact) mass is 188 g/mol. The number of hydrogen-bond acceptors (Lipinski definition) is 1. The van der Waals surface area contributed by atoms with Gasteiger partial charge in [0.05, 0.1) is 0 Å². The van der Waals surface area contributed by atoms with Crippen molar-refractivity contribution in [3.63, 3.8) is 0 Å². The van der Waals surface area contributed by atoms with Crippen LogP contribution in [-0.4, -0.2) is 37.9 Å². The van der Waals surface area contributed by atoms with Gasteiger partial charge < -0.3 is 7.96 Å². The summed E-state index contributed by atoms with van der Waals surface area (Å²) in [6.07, 6.45) is 0. The minimum atomic E-state index is -2.17. The van der Waals surface area contributed by atoms with Gasteiger partial charge in [0, 0.05) is 0 Å². The average Bonchev–Trinajstić information content (AvgIpc) is 1.31. The molecular weight excluding hydrogens is 187 g/mol. The van der Waals surface area contributed by atoms with Crippen LogP contribution in [0, 0.1) is 0 Å². The van der Waals surface area contributed by atoms with E-state index in [0.29, 0.717) is 0 Å². The number of carbonyl (C=O) groups is 1. The number of hydrogen-bond donors (Lipinski definition) is 1. The quantitative estimate of drug-likeness (QED) is 0.461. The number of rotatable bonds is 0. The minimum Gasteiger partial charge on any atom is -1.00 e. The molecule has 0 atom stereocenters. The maximum Gasteiger partial charge on any atom is 2.00 e. The Morgan fingerprint density at radius 3 is 1.62 bits per heavy atom. The van der Waals surface area contributed by atoms with Crippen LogP contribution in [0.5, 0.6) is 0 Å². The molecule has 0 fully saturated rings. The molecule has 0 saturated heterocycles. The Labute approximate surface area is 80.2 Å². The van der Waals surface area contributed by atoms with Crippen LogP contribution < -0.4 is 0 Å². The van der Waals surface area contributed by atoms with Crippen LogP contribution in [-0.2, 0) is 4.79 Å². The van der Waals surface area contributed by atoms with Gasteiger partial charge in [-0.05, 0) is 0 Å². The predicted molar refractivity (Wildman–Crippen MR) is 35.9 cm³/mol. The van der Waals surface area contributed by atoms with Crippen LogP contribution in [0.3, 0.4) is 0 Å².